The summed E-state index contributed by atoms with van der Waals surface area (Å²) in [6.07, 6.45) is -0.140. The standard InChI is InChI=1S/C22H20BrN3O5/c23-15-7-4-12(5-8-15)18(27)11-24-20(28)17-10-14-3-1-2-13-6-9-16(25-22(30)31)21(29)26(17)19(13)14/h1-5,7-8,16-17,25H,6,9-11H2,(H,24,28)(H,30,31)/t16-,17-/m0/s1. The number of nitrogens with one attached hydrogen (secondary N) is 2. The summed E-state index contributed by atoms with van der Waals surface area (Å²) in [4.78, 5) is 51.1. The number of anilines is 1. The van der Waals surface area contributed by atoms with Crippen LogP contribution in [0.15, 0.2) is 46.9 Å². The van der Waals surface area contributed by atoms with Gasteiger partial charge < -0.3 is 15.7 Å². The fourth-order valence-corrected chi connectivity index (χ4v) is 4.41. The fourth-order valence-electron chi connectivity index (χ4n) is 4.15. The van der Waals surface area contributed by atoms with Crippen molar-refractivity contribution in [3.63, 3.8) is 0 Å². The van der Waals surface area contributed by atoms with Crippen molar-refractivity contribution in [1.82, 2.24) is 10.6 Å². The van der Waals surface area contributed by atoms with Crippen LogP contribution in [0, 0.1) is 0 Å². The number of hydrogen-bond acceptors (Lipinski definition) is 4. The zero-order chi connectivity index (χ0) is 22.1. The maximum atomic E-state index is 13.2. The van der Waals surface area contributed by atoms with Gasteiger partial charge >= 0.3 is 6.09 Å². The van der Waals surface area contributed by atoms with E-state index in [0.29, 0.717) is 30.5 Å². The van der Waals surface area contributed by atoms with Crippen molar-refractivity contribution < 1.29 is 24.3 Å². The van der Waals surface area contributed by atoms with Crippen LogP contribution in [0.3, 0.4) is 0 Å². The predicted octanol–water partition coefficient (Wildman–Crippen LogP) is 2.29. The highest BCUT2D eigenvalue weighted by atomic mass is 79.9. The van der Waals surface area contributed by atoms with E-state index < -0.39 is 30.0 Å². The molecule has 4 rings (SSSR count). The second kappa shape index (κ2) is 8.50. The molecule has 0 saturated carbocycles. The first-order chi connectivity index (χ1) is 14.8. The summed E-state index contributed by atoms with van der Waals surface area (Å²) in [5, 5.41) is 14.0. The lowest BCUT2D eigenvalue weighted by Gasteiger charge is -2.27. The summed E-state index contributed by atoms with van der Waals surface area (Å²) >= 11 is 3.31. The third-order valence-electron chi connectivity index (χ3n) is 5.60. The Morgan fingerprint density at radius 3 is 2.52 bits per heavy atom. The summed E-state index contributed by atoms with van der Waals surface area (Å²) in [5.41, 5.74) is 2.92. The molecule has 8 nitrogen and oxygen atoms in total. The molecule has 31 heavy (non-hydrogen) atoms. The first-order valence-electron chi connectivity index (χ1n) is 9.85. The molecule has 0 aliphatic carbocycles. The number of aryl methyl sites for hydroxylation is 1. The molecule has 0 saturated heterocycles. The minimum atomic E-state index is -1.29. The molecule has 2 aliphatic heterocycles. The van der Waals surface area contributed by atoms with Crippen LogP contribution in [0.5, 0.6) is 0 Å². The molecule has 0 bridgehead atoms. The maximum Gasteiger partial charge on any atom is 0.405 e. The van der Waals surface area contributed by atoms with Gasteiger partial charge in [-0.05, 0) is 36.1 Å². The number of amides is 3. The molecule has 3 amide bonds. The van der Waals surface area contributed by atoms with E-state index in [1.807, 2.05) is 18.2 Å². The average molecular weight is 486 g/mol. The number of carboxylic acid groups (broad SMARTS) is 1. The molecule has 2 atom stereocenters. The van der Waals surface area contributed by atoms with E-state index in [0.717, 1.165) is 15.6 Å². The molecule has 2 aromatic rings. The van der Waals surface area contributed by atoms with E-state index >= 15 is 0 Å². The maximum absolute atomic E-state index is 13.2. The van der Waals surface area contributed by atoms with Crippen molar-refractivity contribution in [2.75, 3.05) is 11.4 Å². The van der Waals surface area contributed by atoms with Crippen LogP contribution in [0.2, 0.25) is 0 Å². The van der Waals surface area contributed by atoms with Crippen LogP contribution in [0.4, 0.5) is 10.5 Å². The smallest absolute Gasteiger partial charge is 0.405 e. The molecular formula is C22H20BrN3O5. The van der Waals surface area contributed by atoms with E-state index in [4.69, 9.17) is 5.11 Å². The SMILES string of the molecule is O=C(O)N[C@H]1CCc2cccc3c2N(C1=O)[C@H](C(=O)NCC(=O)c1ccc(Br)cc1)C3. The fraction of sp³-hybridized carbons (Fsp3) is 0.273. The zero-order valence-corrected chi connectivity index (χ0v) is 18.0. The number of nitrogens with zero attached hydrogens (tertiary/aromatic N) is 1. The molecule has 160 valence electrons. The summed E-state index contributed by atoms with van der Waals surface area (Å²) in [7, 11) is 0. The van der Waals surface area contributed by atoms with Crippen LogP contribution in [0.1, 0.15) is 27.9 Å². The Morgan fingerprint density at radius 2 is 1.81 bits per heavy atom. The van der Waals surface area contributed by atoms with Crippen molar-refractivity contribution >= 4 is 45.3 Å². The van der Waals surface area contributed by atoms with Gasteiger partial charge in [0.05, 0.1) is 12.2 Å². The monoisotopic (exact) mass is 485 g/mol. The molecular weight excluding hydrogens is 466 g/mol. The Balaban J connectivity index is 1.54. The number of carbonyl (C=O) groups is 4. The first-order valence-corrected chi connectivity index (χ1v) is 10.6. The zero-order valence-electron chi connectivity index (χ0n) is 16.4. The van der Waals surface area contributed by atoms with Crippen molar-refractivity contribution in [2.45, 2.75) is 31.3 Å². The Bertz CT molecular complexity index is 1070. The van der Waals surface area contributed by atoms with Gasteiger partial charge in [-0.1, -0.05) is 46.3 Å². The number of rotatable bonds is 5. The summed E-state index contributed by atoms with van der Waals surface area (Å²) < 4.78 is 0.844. The van der Waals surface area contributed by atoms with Gasteiger partial charge in [0, 0.05) is 16.5 Å². The molecule has 2 aromatic carbocycles. The molecule has 0 radical (unpaired) electrons. The van der Waals surface area contributed by atoms with Crippen LogP contribution in [0.25, 0.3) is 0 Å². The summed E-state index contributed by atoms with van der Waals surface area (Å²) in [6, 6.07) is 10.7. The minimum absolute atomic E-state index is 0.195. The van der Waals surface area contributed by atoms with Gasteiger partial charge in [0.15, 0.2) is 5.78 Å². The van der Waals surface area contributed by atoms with Gasteiger partial charge in [-0.15, -0.1) is 0 Å². The highest BCUT2D eigenvalue weighted by molar-refractivity contribution is 9.10. The molecule has 0 spiro atoms. The predicted molar refractivity (Wildman–Crippen MR) is 116 cm³/mol. The average Bonchev–Trinajstić information content (AvgIpc) is 3.08. The van der Waals surface area contributed by atoms with Crippen LogP contribution >= 0.6 is 15.9 Å². The molecule has 3 N–H and O–H groups in total. The number of carbonyl (C=O) groups excluding carboxylic acids is 3. The quantitative estimate of drug-likeness (QED) is 0.561. The number of benzene rings is 2. The van der Waals surface area contributed by atoms with Crippen LogP contribution in [-0.4, -0.2) is 47.4 Å². The van der Waals surface area contributed by atoms with Crippen LogP contribution < -0.4 is 15.5 Å². The Morgan fingerprint density at radius 1 is 1.10 bits per heavy atom. The number of hydrogen-bond donors (Lipinski definition) is 3. The second-order valence-corrected chi connectivity index (χ2v) is 8.46. The van der Waals surface area contributed by atoms with Crippen molar-refractivity contribution in [1.29, 1.82) is 0 Å². The number of para-hydroxylation sites is 1. The van der Waals surface area contributed by atoms with E-state index in [1.165, 1.54) is 4.90 Å². The highest BCUT2D eigenvalue weighted by Gasteiger charge is 2.43. The number of Topliss-reactive ketones (excluding diaryl/α,β-unsaturated/α-hetero) is 1. The van der Waals surface area contributed by atoms with Gasteiger partial charge in [-0.25, -0.2) is 4.79 Å². The van der Waals surface area contributed by atoms with Gasteiger partial charge in [-0.3, -0.25) is 19.3 Å². The van der Waals surface area contributed by atoms with Gasteiger partial charge in [0.2, 0.25) is 11.8 Å². The number of ketones is 1. The summed E-state index contributed by atoms with van der Waals surface area (Å²) in [5.74, 6) is -1.15. The lowest BCUT2D eigenvalue weighted by atomic mass is 10.0. The highest BCUT2D eigenvalue weighted by Crippen LogP contribution is 2.39. The third-order valence-corrected chi connectivity index (χ3v) is 6.13. The molecule has 2 aliphatic rings. The van der Waals surface area contributed by atoms with Crippen molar-refractivity contribution in [3.05, 3.63) is 63.6 Å². The summed E-state index contributed by atoms with van der Waals surface area (Å²) in [6.45, 7) is -0.195. The van der Waals surface area contributed by atoms with E-state index in [1.54, 1.807) is 24.3 Å². The minimum Gasteiger partial charge on any atom is -0.465 e. The van der Waals surface area contributed by atoms with Crippen molar-refractivity contribution in [3.8, 4) is 0 Å². The normalized spacial score (nSPS) is 19.4. The molecule has 0 aromatic heterocycles. The third kappa shape index (κ3) is 4.18. The Hall–Kier alpha value is -3.20. The largest absolute Gasteiger partial charge is 0.465 e. The molecule has 9 heteroatoms. The van der Waals surface area contributed by atoms with E-state index in [2.05, 4.69) is 26.6 Å². The number of halogens is 1. The van der Waals surface area contributed by atoms with Gasteiger partial charge in [0.25, 0.3) is 0 Å². The lowest BCUT2D eigenvalue weighted by molar-refractivity contribution is -0.126. The molecule has 2 heterocycles. The molecule has 0 unspecified atom stereocenters. The Labute approximate surface area is 186 Å². The van der Waals surface area contributed by atoms with E-state index in [9.17, 15) is 19.2 Å². The lowest BCUT2D eigenvalue weighted by Crippen LogP contribution is -2.54. The molecule has 0 fully saturated rings. The Kier molecular flexibility index (Phi) is 5.77. The van der Waals surface area contributed by atoms with Gasteiger partial charge in [-0.2, -0.15) is 0 Å². The van der Waals surface area contributed by atoms with Crippen LogP contribution in [-0.2, 0) is 22.4 Å². The topological polar surface area (TPSA) is 116 Å². The van der Waals surface area contributed by atoms with Crippen molar-refractivity contribution in [2.24, 2.45) is 0 Å². The van der Waals surface area contributed by atoms with Gasteiger partial charge in [0.1, 0.15) is 12.1 Å². The van der Waals surface area contributed by atoms with E-state index in [-0.39, 0.29) is 12.3 Å². The second-order valence-electron chi connectivity index (χ2n) is 7.54. The first kappa shape index (κ1) is 21.0.